The fourth-order valence-electron chi connectivity index (χ4n) is 4.51. The van der Waals surface area contributed by atoms with Crippen molar-refractivity contribution in [2.75, 3.05) is 39.8 Å². The van der Waals surface area contributed by atoms with Crippen LogP contribution in [0, 0.1) is 5.82 Å². The van der Waals surface area contributed by atoms with Crippen LogP contribution in [0.4, 0.5) is 4.39 Å². The number of allylic oxidation sites excluding steroid dienone is 1. The zero-order valence-electron chi connectivity index (χ0n) is 17.9. The van der Waals surface area contributed by atoms with Crippen LogP contribution in [-0.4, -0.2) is 51.8 Å². The summed E-state index contributed by atoms with van der Waals surface area (Å²) in [5.41, 5.74) is 2.41. The smallest absolute Gasteiger partial charge is 0.278 e. The highest BCUT2D eigenvalue weighted by atomic mass is 19.1. The monoisotopic (exact) mass is 405 g/mol. The molecule has 0 saturated carbocycles. The second-order valence-corrected chi connectivity index (χ2v) is 8.41. The molecule has 1 atom stereocenters. The minimum absolute atomic E-state index is 0.0272. The zero-order valence-corrected chi connectivity index (χ0v) is 17.9. The zero-order chi connectivity index (χ0) is 20.6. The number of nitrogens with one attached hydrogen (secondary N) is 3. The lowest BCUT2D eigenvalue weighted by Crippen LogP contribution is -3.29. The molecular weight excluding hydrogens is 369 g/mol. The SMILES string of the molecule is COc1ccc(F)cc1C[NH+]1CC[NH+]([C@@H](C)C(=O)NCCC2=CCCCC2)CC1. The summed E-state index contributed by atoms with van der Waals surface area (Å²) in [6.45, 7) is 7.38. The summed E-state index contributed by atoms with van der Waals surface area (Å²) in [6, 6.07) is 4.68. The molecule has 5 nitrogen and oxygen atoms in total. The van der Waals surface area contributed by atoms with Crippen molar-refractivity contribution in [1.29, 1.82) is 0 Å². The maximum Gasteiger partial charge on any atom is 0.278 e. The molecule has 1 aromatic carbocycles. The van der Waals surface area contributed by atoms with Gasteiger partial charge in [-0.15, -0.1) is 0 Å². The minimum atomic E-state index is -0.223. The molecule has 2 aliphatic rings. The van der Waals surface area contributed by atoms with Crippen molar-refractivity contribution in [2.24, 2.45) is 0 Å². The van der Waals surface area contributed by atoms with Crippen LogP contribution in [0.1, 0.15) is 44.6 Å². The van der Waals surface area contributed by atoms with Crippen LogP contribution in [-0.2, 0) is 11.3 Å². The van der Waals surface area contributed by atoms with E-state index >= 15 is 0 Å². The molecule has 3 N–H and O–H groups in total. The second-order valence-electron chi connectivity index (χ2n) is 8.41. The molecule has 0 aromatic heterocycles. The number of methoxy groups -OCH3 is 1. The number of ether oxygens (including phenoxy) is 1. The first-order valence-electron chi connectivity index (χ1n) is 11.0. The van der Waals surface area contributed by atoms with E-state index < -0.39 is 0 Å². The lowest BCUT2D eigenvalue weighted by Gasteiger charge is -2.32. The molecule has 1 fully saturated rings. The van der Waals surface area contributed by atoms with Gasteiger partial charge in [0.25, 0.3) is 5.91 Å². The third-order valence-electron chi connectivity index (χ3n) is 6.42. The number of amides is 1. The third kappa shape index (κ3) is 6.28. The Morgan fingerprint density at radius 2 is 2.03 bits per heavy atom. The molecule has 3 rings (SSSR count). The Balaban J connectivity index is 1.42. The molecule has 1 amide bonds. The van der Waals surface area contributed by atoms with Crippen LogP contribution in [0.15, 0.2) is 29.8 Å². The molecule has 0 bridgehead atoms. The Kier molecular flexibility index (Phi) is 8.07. The normalized spacial score (nSPS) is 23.2. The number of hydrogen-bond donors (Lipinski definition) is 3. The van der Waals surface area contributed by atoms with Gasteiger partial charge < -0.3 is 19.9 Å². The average molecular weight is 406 g/mol. The Labute approximate surface area is 173 Å². The molecule has 6 heteroatoms. The summed E-state index contributed by atoms with van der Waals surface area (Å²) in [4.78, 5) is 15.3. The fourth-order valence-corrected chi connectivity index (χ4v) is 4.51. The van der Waals surface area contributed by atoms with Crippen molar-refractivity contribution < 1.29 is 23.7 Å². The van der Waals surface area contributed by atoms with Gasteiger partial charge in [0.15, 0.2) is 6.04 Å². The van der Waals surface area contributed by atoms with Crippen LogP contribution in [0.2, 0.25) is 0 Å². The molecule has 1 saturated heterocycles. The quantitative estimate of drug-likeness (QED) is 0.552. The van der Waals surface area contributed by atoms with Gasteiger partial charge in [-0.1, -0.05) is 11.6 Å². The summed E-state index contributed by atoms with van der Waals surface area (Å²) < 4.78 is 19.0. The molecule has 1 aliphatic heterocycles. The standard InChI is InChI=1S/C23H34FN3O2/c1-18(23(28)25-11-10-19-6-4-3-5-7-19)27-14-12-26(13-15-27)17-20-16-21(24)8-9-22(20)29-2/h6,8-9,16,18H,3-5,7,10-15,17H2,1-2H3,(H,25,28)/p+2/t18-/m0/s1. The number of piperazine rings is 1. The van der Waals surface area contributed by atoms with Gasteiger partial charge in [-0.3, -0.25) is 4.79 Å². The van der Waals surface area contributed by atoms with E-state index in [9.17, 15) is 9.18 Å². The van der Waals surface area contributed by atoms with E-state index in [-0.39, 0.29) is 17.8 Å². The fraction of sp³-hybridized carbons (Fsp3) is 0.609. The average Bonchev–Trinajstić information content (AvgIpc) is 2.74. The second kappa shape index (κ2) is 10.7. The van der Waals surface area contributed by atoms with E-state index in [1.54, 1.807) is 19.2 Å². The Hall–Kier alpha value is -1.92. The van der Waals surface area contributed by atoms with E-state index in [0.29, 0.717) is 0 Å². The third-order valence-corrected chi connectivity index (χ3v) is 6.42. The van der Waals surface area contributed by atoms with E-state index in [1.165, 1.54) is 47.1 Å². The predicted molar refractivity (Wildman–Crippen MR) is 112 cm³/mol. The van der Waals surface area contributed by atoms with Crippen molar-refractivity contribution in [3.63, 3.8) is 0 Å². The molecule has 0 radical (unpaired) electrons. The van der Waals surface area contributed by atoms with Crippen LogP contribution in [0.5, 0.6) is 5.75 Å². The largest absolute Gasteiger partial charge is 0.496 e. The number of rotatable bonds is 8. The molecule has 1 aliphatic carbocycles. The van der Waals surface area contributed by atoms with Gasteiger partial charge in [0.05, 0.1) is 12.7 Å². The van der Waals surface area contributed by atoms with Crippen molar-refractivity contribution in [3.8, 4) is 5.75 Å². The maximum absolute atomic E-state index is 13.6. The first-order chi connectivity index (χ1) is 14.1. The summed E-state index contributed by atoms with van der Waals surface area (Å²) in [5, 5.41) is 3.13. The Morgan fingerprint density at radius 3 is 2.72 bits per heavy atom. The van der Waals surface area contributed by atoms with Gasteiger partial charge in [0.1, 0.15) is 44.3 Å². The van der Waals surface area contributed by atoms with E-state index in [1.807, 2.05) is 6.92 Å². The Bertz CT molecular complexity index is 714. The summed E-state index contributed by atoms with van der Waals surface area (Å²) in [5.74, 6) is 0.680. The Morgan fingerprint density at radius 1 is 1.24 bits per heavy atom. The maximum atomic E-state index is 13.6. The predicted octanol–water partition coefficient (Wildman–Crippen LogP) is 0.513. The van der Waals surface area contributed by atoms with Crippen molar-refractivity contribution in [2.45, 2.75) is 51.6 Å². The van der Waals surface area contributed by atoms with Gasteiger partial charge in [-0.05, 0) is 57.2 Å². The number of quaternary nitrogens is 2. The van der Waals surface area contributed by atoms with E-state index in [0.717, 1.165) is 57.0 Å². The van der Waals surface area contributed by atoms with Crippen molar-refractivity contribution >= 4 is 5.91 Å². The molecule has 0 unspecified atom stereocenters. The van der Waals surface area contributed by atoms with Gasteiger partial charge >= 0.3 is 0 Å². The molecule has 1 heterocycles. The lowest BCUT2D eigenvalue weighted by atomic mass is 9.97. The van der Waals surface area contributed by atoms with Crippen LogP contribution < -0.4 is 19.9 Å². The number of hydrogen-bond acceptors (Lipinski definition) is 2. The summed E-state index contributed by atoms with van der Waals surface area (Å²) in [6.07, 6.45) is 8.31. The van der Waals surface area contributed by atoms with E-state index in [4.69, 9.17) is 4.74 Å². The van der Waals surface area contributed by atoms with E-state index in [2.05, 4.69) is 11.4 Å². The van der Waals surface area contributed by atoms with Crippen molar-refractivity contribution in [1.82, 2.24) is 5.32 Å². The lowest BCUT2D eigenvalue weighted by molar-refractivity contribution is -1.02. The highest BCUT2D eigenvalue weighted by Crippen LogP contribution is 2.19. The number of carbonyl (C=O) groups excluding carboxylic acids is 1. The van der Waals surface area contributed by atoms with Crippen LogP contribution in [0.3, 0.4) is 0 Å². The summed E-state index contributed by atoms with van der Waals surface area (Å²) >= 11 is 0. The molecular formula is C23H36FN3O2+2. The number of carbonyl (C=O) groups is 1. The van der Waals surface area contributed by atoms with Crippen LogP contribution in [0.25, 0.3) is 0 Å². The molecule has 0 spiro atoms. The van der Waals surface area contributed by atoms with Gasteiger partial charge in [0, 0.05) is 6.54 Å². The minimum Gasteiger partial charge on any atom is -0.496 e. The molecule has 29 heavy (non-hydrogen) atoms. The first kappa shape index (κ1) is 21.8. The summed E-state index contributed by atoms with van der Waals surface area (Å²) in [7, 11) is 1.62. The number of benzene rings is 1. The molecule has 160 valence electrons. The van der Waals surface area contributed by atoms with Crippen molar-refractivity contribution in [3.05, 3.63) is 41.2 Å². The van der Waals surface area contributed by atoms with Gasteiger partial charge in [-0.25, -0.2) is 4.39 Å². The first-order valence-corrected chi connectivity index (χ1v) is 11.0. The van der Waals surface area contributed by atoms with Gasteiger partial charge in [0.2, 0.25) is 0 Å². The topological polar surface area (TPSA) is 47.2 Å². The number of halogens is 1. The van der Waals surface area contributed by atoms with Crippen LogP contribution >= 0.6 is 0 Å². The van der Waals surface area contributed by atoms with Gasteiger partial charge in [-0.2, -0.15) is 0 Å². The molecule has 1 aromatic rings. The highest BCUT2D eigenvalue weighted by molar-refractivity contribution is 5.79. The highest BCUT2D eigenvalue weighted by Gasteiger charge is 2.31.